The molecular formula is C22H20ClFN2O2. The van der Waals surface area contributed by atoms with Crippen molar-refractivity contribution in [2.75, 3.05) is 5.88 Å². The van der Waals surface area contributed by atoms with Crippen molar-refractivity contribution in [3.05, 3.63) is 83.2 Å². The monoisotopic (exact) mass is 398 g/mol. The first-order valence-corrected chi connectivity index (χ1v) is 9.43. The maximum atomic E-state index is 14.3. The Kier molecular flexibility index (Phi) is 6.61. The van der Waals surface area contributed by atoms with Crippen molar-refractivity contribution in [2.45, 2.75) is 19.5 Å². The molecule has 0 atom stereocenters. The smallest absolute Gasteiger partial charge is 0.235 e. The van der Waals surface area contributed by atoms with E-state index in [1.54, 1.807) is 12.1 Å². The predicted molar refractivity (Wildman–Crippen MR) is 108 cm³/mol. The summed E-state index contributed by atoms with van der Waals surface area (Å²) in [7, 11) is 0. The van der Waals surface area contributed by atoms with E-state index in [0.717, 1.165) is 16.3 Å². The number of benzene rings is 3. The number of carbonyl (C=O) groups is 2. The summed E-state index contributed by atoms with van der Waals surface area (Å²) in [6.45, 7) is 0.306. The summed E-state index contributed by atoms with van der Waals surface area (Å²) in [5, 5.41) is 7.46. The van der Waals surface area contributed by atoms with Gasteiger partial charge in [0.05, 0.1) is 6.42 Å². The Morgan fingerprint density at radius 2 is 1.61 bits per heavy atom. The Morgan fingerprint density at radius 1 is 0.857 bits per heavy atom. The summed E-state index contributed by atoms with van der Waals surface area (Å²) in [5.74, 6) is -1.05. The van der Waals surface area contributed by atoms with Crippen LogP contribution in [0, 0.1) is 5.82 Å². The summed E-state index contributed by atoms with van der Waals surface area (Å²) in [4.78, 5) is 23.5. The molecule has 0 aromatic heterocycles. The third-order valence-electron chi connectivity index (χ3n) is 4.44. The Bertz CT molecular complexity index is 1000. The van der Waals surface area contributed by atoms with Crippen LogP contribution >= 0.6 is 11.6 Å². The maximum absolute atomic E-state index is 14.3. The minimum absolute atomic E-state index is 0.101. The Morgan fingerprint density at radius 3 is 2.39 bits per heavy atom. The molecule has 28 heavy (non-hydrogen) atoms. The number of halogens is 2. The summed E-state index contributed by atoms with van der Waals surface area (Å²) < 4.78 is 14.3. The van der Waals surface area contributed by atoms with E-state index < -0.39 is 5.82 Å². The zero-order valence-electron chi connectivity index (χ0n) is 15.2. The summed E-state index contributed by atoms with van der Waals surface area (Å²) in [6.07, 6.45) is 0.228. The third kappa shape index (κ3) is 5.08. The Labute approximate surface area is 167 Å². The van der Waals surface area contributed by atoms with E-state index in [-0.39, 0.29) is 37.2 Å². The van der Waals surface area contributed by atoms with Gasteiger partial charge in [0.2, 0.25) is 11.8 Å². The molecule has 3 rings (SSSR count). The van der Waals surface area contributed by atoms with Gasteiger partial charge in [0, 0.05) is 18.7 Å². The van der Waals surface area contributed by atoms with Crippen molar-refractivity contribution in [1.29, 1.82) is 0 Å². The molecule has 0 radical (unpaired) electrons. The van der Waals surface area contributed by atoms with Crippen molar-refractivity contribution in [2.24, 2.45) is 0 Å². The van der Waals surface area contributed by atoms with E-state index in [1.165, 1.54) is 6.07 Å². The van der Waals surface area contributed by atoms with Crippen LogP contribution in [0.5, 0.6) is 0 Å². The molecule has 2 N–H and O–H groups in total. The highest BCUT2D eigenvalue weighted by Crippen LogP contribution is 2.19. The van der Waals surface area contributed by atoms with Crippen molar-refractivity contribution >= 4 is 34.2 Å². The normalized spacial score (nSPS) is 10.6. The largest absolute Gasteiger partial charge is 0.352 e. The number of alkyl halides is 1. The highest BCUT2D eigenvalue weighted by molar-refractivity contribution is 6.27. The number of hydrogen-bond acceptors (Lipinski definition) is 2. The summed E-state index contributed by atoms with van der Waals surface area (Å²) in [6, 6.07) is 18.4. The Balaban J connectivity index is 1.59. The van der Waals surface area contributed by atoms with Crippen molar-refractivity contribution in [1.82, 2.24) is 10.6 Å². The van der Waals surface area contributed by atoms with Gasteiger partial charge < -0.3 is 10.6 Å². The first kappa shape index (κ1) is 19.8. The molecule has 6 heteroatoms. The average molecular weight is 399 g/mol. The highest BCUT2D eigenvalue weighted by Gasteiger charge is 2.09. The predicted octanol–water partition coefficient (Wildman–Crippen LogP) is 3.69. The molecule has 0 fully saturated rings. The fourth-order valence-electron chi connectivity index (χ4n) is 2.97. The van der Waals surface area contributed by atoms with E-state index in [4.69, 9.17) is 11.6 Å². The lowest BCUT2D eigenvalue weighted by molar-refractivity contribution is -0.120. The molecule has 2 amide bonds. The van der Waals surface area contributed by atoms with Crippen LogP contribution in [0.15, 0.2) is 60.7 Å². The van der Waals surface area contributed by atoms with Crippen molar-refractivity contribution in [3.8, 4) is 0 Å². The van der Waals surface area contributed by atoms with Crippen LogP contribution in [-0.2, 0) is 29.1 Å². The van der Waals surface area contributed by atoms with Crippen LogP contribution in [0.25, 0.3) is 10.8 Å². The molecule has 3 aromatic carbocycles. The van der Waals surface area contributed by atoms with E-state index >= 15 is 0 Å². The second-order valence-electron chi connectivity index (χ2n) is 6.43. The second-order valence-corrected chi connectivity index (χ2v) is 6.70. The van der Waals surface area contributed by atoms with E-state index in [9.17, 15) is 14.0 Å². The Hall–Kier alpha value is -2.92. The minimum Gasteiger partial charge on any atom is -0.352 e. The van der Waals surface area contributed by atoms with Gasteiger partial charge in [0.25, 0.3) is 0 Å². The standard InChI is InChI=1S/C22H20ClFN2O2/c23-12-22(28)25-13-15-8-9-18(20(24)10-15)14-26-21(27)11-17-6-3-5-16-4-1-2-7-19(16)17/h1-10H,11-14H2,(H,25,28)(H,26,27). The van der Waals surface area contributed by atoms with Gasteiger partial charge in [-0.2, -0.15) is 0 Å². The van der Waals surface area contributed by atoms with Gasteiger partial charge in [-0.15, -0.1) is 11.6 Å². The fraction of sp³-hybridized carbons (Fsp3) is 0.182. The number of hydrogen-bond donors (Lipinski definition) is 2. The summed E-state index contributed by atoms with van der Waals surface area (Å²) >= 11 is 5.41. The molecule has 0 aliphatic carbocycles. The van der Waals surface area contributed by atoms with Crippen LogP contribution in [0.4, 0.5) is 4.39 Å². The SMILES string of the molecule is O=C(CCl)NCc1ccc(CNC(=O)Cc2cccc3ccccc23)c(F)c1. The number of nitrogens with one attached hydrogen (secondary N) is 2. The zero-order valence-corrected chi connectivity index (χ0v) is 15.9. The van der Waals surface area contributed by atoms with Gasteiger partial charge >= 0.3 is 0 Å². The second kappa shape index (κ2) is 9.33. The molecule has 0 aliphatic rings. The molecule has 0 unspecified atom stereocenters. The lowest BCUT2D eigenvalue weighted by Crippen LogP contribution is -2.25. The van der Waals surface area contributed by atoms with Gasteiger partial charge in [-0.05, 0) is 28.0 Å². The van der Waals surface area contributed by atoms with Crippen LogP contribution < -0.4 is 10.6 Å². The van der Waals surface area contributed by atoms with Gasteiger partial charge in [0.1, 0.15) is 11.7 Å². The fourth-order valence-corrected chi connectivity index (χ4v) is 3.06. The number of carbonyl (C=O) groups excluding carboxylic acids is 2. The topological polar surface area (TPSA) is 58.2 Å². The quantitative estimate of drug-likeness (QED) is 0.596. The molecule has 0 saturated heterocycles. The molecule has 144 valence electrons. The molecule has 4 nitrogen and oxygen atoms in total. The van der Waals surface area contributed by atoms with Crippen molar-refractivity contribution in [3.63, 3.8) is 0 Å². The van der Waals surface area contributed by atoms with E-state index in [1.807, 2.05) is 42.5 Å². The number of rotatable bonds is 7. The molecule has 3 aromatic rings. The minimum atomic E-state index is -0.428. The number of fused-ring (bicyclic) bond motifs is 1. The molecule has 0 aliphatic heterocycles. The first-order chi connectivity index (χ1) is 13.6. The molecule has 0 heterocycles. The summed E-state index contributed by atoms with van der Waals surface area (Å²) in [5.41, 5.74) is 1.95. The van der Waals surface area contributed by atoms with Crippen molar-refractivity contribution < 1.29 is 14.0 Å². The molecule has 0 spiro atoms. The van der Waals surface area contributed by atoms with E-state index in [2.05, 4.69) is 10.6 Å². The van der Waals surface area contributed by atoms with Gasteiger partial charge in [-0.25, -0.2) is 4.39 Å². The van der Waals surface area contributed by atoms with Crippen LogP contribution in [0.2, 0.25) is 0 Å². The lowest BCUT2D eigenvalue weighted by atomic mass is 10.0. The van der Waals surface area contributed by atoms with Crippen LogP contribution in [0.1, 0.15) is 16.7 Å². The highest BCUT2D eigenvalue weighted by atomic mass is 35.5. The molecule has 0 bridgehead atoms. The maximum Gasteiger partial charge on any atom is 0.235 e. The zero-order chi connectivity index (χ0) is 19.9. The lowest BCUT2D eigenvalue weighted by Gasteiger charge is -2.10. The molecule has 0 saturated carbocycles. The third-order valence-corrected chi connectivity index (χ3v) is 4.68. The molecular weight excluding hydrogens is 379 g/mol. The van der Waals surface area contributed by atoms with Gasteiger partial charge in [-0.3, -0.25) is 9.59 Å². The number of amides is 2. The first-order valence-electron chi connectivity index (χ1n) is 8.90. The van der Waals surface area contributed by atoms with Crippen LogP contribution in [-0.4, -0.2) is 17.7 Å². The van der Waals surface area contributed by atoms with Crippen LogP contribution in [0.3, 0.4) is 0 Å². The van der Waals surface area contributed by atoms with Gasteiger partial charge in [-0.1, -0.05) is 54.6 Å². The van der Waals surface area contributed by atoms with E-state index in [0.29, 0.717) is 11.1 Å². The average Bonchev–Trinajstić information content (AvgIpc) is 2.71. The van der Waals surface area contributed by atoms with Gasteiger partial charge in [0.15, 0.2) is 0 Å².